The Morgan fingerprint density at radius 3 is 1.13 bits per heavy atom. The Labute approximate surface area is 177 Å². The fourth-order valence-electron chi connectivity index (χ4n) is 4.16. The summed E-state index contributed by atoms with van der Waals surface area (Å²) < 4.78 is 34.6. The van der Waals surface area contributed by atoms with Crippen LogP contribution in [0.4, 0.5) is 0 Å². The van der Waals surface area contributed by atoms with Crippen molar-refractivity contribution in [3.05, 3.63) is 96.6 Å². The van der Waals surface area contributed by atoms with Crippen LogP contribution in [0.15, 0.2) is 91.3 Å². The van der Waals surface area contributed by atoms with Gasteiger partial charge in [0.15, 0.2) is 5.79 Å². The van der Waals surface area contributed by atoms with Crippen LogP contribution in [0.1, 0.15) is 36.9 Å². The van der Waals surface area contributed by atoms with Crippen molar-refractivity contribution < 1.29 is 37.4 Å². The molecule has 8 heteroatoms. The minimum Gasteiger partial charge on any atom is -0.466 e. The molecule has 2 N–H and O–H groups in total. The number of hydrogen-bond acceptors (Lipinski definition) is 8. The van der Waals surface area contributed by atoms with Gasteiger partial charge in [0.25, 0.3) is 0 Å². The van der Waals surface area contributed by atoms with Gasteiger partial charge in [-0.25, -0.2) is 0 Å². The van der Waals surface area contributed by atoms with Gasteiger partial charge in [0.05, 0.1) is 25.1 Å². The van der Waals surface area contributed by atoms with Gasteiger partial charge in [0.2, 0.25) is 11.2 Å². The molecule has 2 atom stereocenters. The number of furan rings is 4. The fraction of sp³-hybridized carbons (Fsp3) is 0.304. The Kier molecular flexibility index (Phi) is 4.49. The lowest BCUT2D eigenvalue weighted by atomic mass is 9.79. The van der Waals surface area contributed by atoms with Crippen molar-refractivity contribution in [1.29, 1.82) is 0 Å². The lowest BCUT2D eigenvalue weighted by Gasteiger charge is -2.37. The van der Waals surface area contributed by atoms with Gasteiger partial charge in [-0.1, -0.05) is 0 Å². The van der Waals surface area contributed by atoms with E-state index in [1.807, 2.05) is 0 Å². The van der Waals surface area contributed by atoms with Crippen LogP contribution < -0.4 is 0 Å². The molecule has 4 aromatic heterocycles. The van der Waals surface area contributed by atoms with Crippen LogP contribution in [0.2, 0.25) is 0 Å². The zero-order valence-corrected chi connectivity index (χ0v) is 16.9. The molecule has 162 valence electrons. The van der Waals surface area contributed by atoms with Crippen molar-refractivity contribution in [3.8, 4) is 0 Å². The topological polar surface area (TPSA) is 111 Å². The maximum atomic E-state index is 12.0. The highest BCUT2D eigenvalue weighted by Crippen LogP contribution is 2.50. The molecule has 5 rings (SSSR count). The second-order valence-corrected chi connectivity index (χ2v) is 7.92. The molecular weight excluding hydrogens is 404 g/mol. The molecule has 0 aromatic carbocycles. The molecule has 0 bridgehead atoms. The van der Waals surface area contributed by atoms with E-state index in [1.165, 1.54) is 25.1 Å². The summed E-state index contributed by atoms with van der Waals surface area (Å²) in [6, 6.07) is 13.0. The summed E-state index contributed by atoms with van der Waals surface area (Å²) in [5.41, 5.74) is -3.86. The molecule has 1 fully saturated rings. The second kappa shape index (κ2) is 7.00. The standard InChI is InChI=1S/C23H22O8/c1-21(2)30-19(22(24,15-7-3-11-26-15)16-8-4-12-27-16)20(31-21)23(25,17-9-5-13-28-17)18-10-6-14-29-18/h3-14,19-20,24-25H,1-2H3/t19-,20-/m1/s1. The Morgan fingerprint density at radius 2 is 0.903 bits per heavy atom. The van der Waals surface area contributed by atoms with Crippen LogP contribution in [-0.2, 0) is 20.7 Å². The molecule has 0 aliphatic carbocycles. The molecule has 1 saturated heterocycles. The highest BCUT2D eigenvalue weighted by Gasteiger charge is 2.65. The van der Waals surface area contributed by atoms with E-state index >= 15 is 0 Å². The summed E-state index contributed by atoms with van der Waals surface area (Å²) in [6.45, 7) is 3.38. The summed E-state index contributed by atoms with van der Waals surface area (Å²) in [4.78, 5) is 0. The molecule has 0 saturated carbocycles. The minimum atomic E-state index is -1.93. The Morgan fingerprint density at radius 1 is 0.613 bits per heavy atom. The lowest BCUT2D eigenvalue weighted by molar-refractivity contribution is -0.176. The van der Waals surface area contributed by atoms with Crippen LogP contribution in [-0.4, -0.2) is 28.2 Å². The monoisotopic (exact) mass is 426 g/mol. The van der Waals surface area contributed by atoms with Crippen molar-refractivity contribution in [2.75, 3.05) is 0 Å². The van der Waals surface area contributed by atoms with Crippen LogP contribution in [0, 0.1) is 0 Å². The summed E-state index contributed by atoms with van der Waals surface area (Å²) in [7, 11) is 0. The molecule has 31 heavy (non-hydrogen) atoms. The number of aliphatic hydroxyl groups is 2. The zero-order chi connectivity index (χ0) is 21.7. The van der Waals surface area contributed by atoms with Crippen molar-refractivity contribution in [3.63, 3.8) is 0 Å². The molecule has 0 unspecified atom stereocenters. The Balaban J connectivity index is 1.72. The van der Waals surface area contributed by atoms with Gasteiger partial charge in [-0.05, 0) is 62.4 Å². The van der Waals surface area contributed by atoms with Crippen molar-refractivity contribution in [1.82, 2.24) is 0 Å². The first-order valence-corrected chi connectivity index (χ1v) is 9.82. The van der Waals surface area contributed by atoms with Gasteiger partial charge in [0.1, 0.15) is 35.2 Å². The van der Waals surface area contributed by atoms with Gasteiger partial charge in [-0.2, -0.15) is 0 Å². The largest absolute Gasteiger partial charge is 0.466 e. The molecule has 0 amide bonds. The van der Waals surface area contributed by atoms with Crippen molar-refractivity contribution in [2.24, 2.45) is 0 Å². The smallest absolute Gasteiger partial charge is 0.209 e. The molecule has 0 spiro atoms. The highest BCUT2D eigenvalue weighted by molar-refractivity contribution is 5.33. The molecule has 1 aliphatic rings. The van der Waals surface area contributed by atoms with Crippen LogP contribution in [0.5, 0.6) is 0 Å². The molecule has 4 aromatic rings. The van der Waals surface area contributed by atoms with Crippen molar-refractivity contribution >= 4 is 0 Å². The fourth-order valence-corrected chi connectivity index (χ4v) is 4.16. The lowest BCUT2D eigenvalue weighted by Crippen LogP contribution is -2.54. The minimum absolute atomic E-state index is 0.167. The quantitative estimate of drug-likeness (QED) is 0.480. The SMILES string of the molecule is CC1(C)O[C@@H](C(O)(c2ccco2)c2ccco2)[C@H](C(O)(c2ccco2)c2ccco2)O1. The average Bonchev–Trinajstić information content (AvgIpc) is 3.55. The maximum Gasteiger partial charge on any atom is 0.209 e. The third-order valence-electron chi connectivity index (χ3n) is 5.51. The van der Waals surface area contributed by atoms with Gasteiger partial charge in [0, 0.05) is 0 Å². The van der Waals surface area contributed by atoms with Gasteiger partial charge < -0.3 is 37.4 Å². The molecule has 5 heterocycles. The van der Waals surface area contributed by atoms with Crippen LogP contribution in [0.25, 0.3) is 0 Å². The second-order valence-electron chi connectivity index (χ2n) is 7.92. The first-order valence-electron chi connectivity index (χ1n) is 9.82. The predicted octanol–water partition coefficient (Wildman–Crippen LogP) is 3.75. The Bertz CT molecular complexity index is 934. The maximum absolute atomic E-state index is 12.0. The molecular formula is C23H22O8. The van der Waals surface area contributed by atoms with E-state index in [0.717, 1.165) is 0 Å². The van der Waals surface area contributed by atoms with E-state index < -0.39 is 29.2 Å². The molecule has 1 aliphatic heterocycles. The van der Waals surface area contributed by atoms with Gasteiger partial charge >= 0.3 is 0 Å². The van der Waals surface area contributed by atoms with E-state index in [0.29, 0.717) is 0 Å². The number of rotatable bonds is 6. The first kappa shape index (κ1) is 19.9. The molecule has 8 nitrogen and oxygen atoms in total. The normalized spacial score (nSPS) is 21.5. The predicted molar refractivity (Wildman–Crippen MR) is 105 cm³/mol. The van der Waals surface area contributed by atoms with Crippen LogP contribution in [0.3, 0.4) is 0 Å². The van der Waals surface area contributed by atoms with E-state index in [9.17, 15) is 10.2 Å². The third kappa shape index (κ3) is 2.99. The highest BCUT2D eigenvalue weighted by atomic mass is 16.8. The van der Waals surface area contributed by atoms with E-state index in [1.54, 1.807) is 62.4 Å². The molecule has 0 radical (unpaired) electrons. The van der Waals surface area contributed by atoms with Gasteiger partial charge in [-0.15, -0.1) is 0 Å². The third-order valence-corrected chi connectivity index (χ3v) is 5.51. The summed E-state index contributed by atoms with van der Waals surface area (Å²) in [5.74, 6) is -0.504. The zero-order valence-electron chi connectivity index (χ0n) is 16.9. The summed E-state index contributed by atoms with van der Waals surface area (Å²) in [5, 5.41) is 24.1. The summed E-state index contributed by atoms with van der Waals surface area (Å²) in [6.07, 6.45) is 3.38. The Hall–Kier alpha value is -3.04. The number of hydrogen-bond donors (Lipinski definition) is 2. The van der Waals surface area contributed by atoms with E-state index in [2.05, 4.69) is 0 Å². The van der Waals surface area contributed by atoms with Crippen molar-refractivity contribution in [2.45, 2.75) is 43.0 Å². The van der Waals surface area contributed by atoms with Crippen LogP contribution >= 0.6 is 0 Å². The van der Waals surface area contributed by atoms with Gasteiger partial charge in [-0.3, -0.25) is 0 Å². The van der Waals surface area contributed by atoms with E-state index in [-0.39, 0.29) is 23.0 Å². The summed E-state index contributed by atoms with van der Waals surface area (Å²) >= 11 is 0. The van der Waals surface area contributed by atoms with E-state index in [4.69, 9.17) is 27.1 Å². The number of ether oxygens (including phenoxy) is 2. The first-order chi connectivity index (χ1) is 14.9. The average molecular weight is 426 g/mol.